The van der Waals surface area contributed by atoms with E-state index >= 15 is 0 Å². The van der Waals surface area contributed by atoms with Gasteiger partial charge in [-0.05, 0) is 12.8 Å². The molecule has 1 aliphatic rings. The Kier molecular flexibility index (Phi) is 3.89. The first-order chi connectivity index (χ1) is 8.31. The predicted molar refractivity (Wildman–Crippen MR) is 63.2 cm³/mol. The van der Waals surface area contributed by atoms with Gasteiger partial charge in [0.15, 0.2) is 11.5 Å². The zero-order valence-electron chi connectivity index (χ0n) is 9.63. The van der Waals surface area contributed by atoms with Crippen LogP contribution in [0.1, 0.15) is 37.8 Å². The highest BCUT2D eigenvalue weighted by Gasteiger charge is 2.22. The van der Waals surface area contributed by atoms with Crippen LogP contribution in [0.4, 0.5) is 5.82 Å². The van der Waals surface area contributed by atoms with Crippen molar-refractivity contribution in [2.45, 2.75) is 44.2 Å². The number of anilines is 1. The molecule has 1 aromatic rings. The first-order valence-electron chi connectivity index (χ1n) is 5.97. The van der Waals surface area contributed by atoms with Gasteiger partial charge in [-0.25, -0.2) is 9.97 Å². The van der Waals surface area contributed by atoms with Gasteiger partial charge >= 0.3 is 0 Å². The van der Waals surface area contributed by atoms with E-state index in [0.29, 0.717) is 5.82 Å². The van der Waals surface area contributed by atoms with Crippen LogP contribution in [0.3, 0.4) is 0 Å². The van der Waals surface area contributed by atoms with Crippen molar-refractivity contribution < 1.29 is 5.11 Å². The van der Waals surface area contributed by atoms with E-state index in [1.165, 1.54) is 6.20 Å². The van der Waals surface area contributed by atoms with Crippen molar-refractivity contribution in [3.63, 3.8) is 0 Å². The Morgan fingerprint density at radius 1 is 1.24 bits per heavy atom. The van der Waals surface area contributed by atoms with Crippen LogP contribution in [0.25, 0.3) is 0 Å². The molecule has 0 saturated heterocycles. The van der Waals surface area contributed by atoms with Crippen molar-refractivity contribution in [2.75, 3.05) is 5.32 Å². The van der Waals surface area contributed by atoms with Gasteiger partial charge in [-0.3, -0.25) is 0 Å². The zero-order chi connectivity index (χ0) is 12.1. The lowest BCUT2D eigenvalue weighted by Crippen LogP contribution is -2.33. The standard InChI is InChI=1S/C12H16N4O/c13-8-10-12(15-7-6-14-10)16-9-4-2-1-3-5-11(9)17/h6-7,9,11,17H,1-5H2,(H,15,16). The van der Waals surface area contributed by atoms with Gasteiger partial charge < -0.3 is 10.4 Å². The molecule has 1 aliphatic carbocycles. The molecule has 0 bridgehead atoms. The van der Waals surface area contributed by atoms with Crippen molar-refractivity contribution in [1.29, 1.82) is 5.26 Å². The summed E-state index contributed by atoms with van der Waals surface area (Å²) in [6.45, 7) is 0. The maximum atomic E-state index is 9.98. The summed E-state index contributed by atoms with van der Waals surface area (Å²) < 4.78 is 0. The number of hydrogen-bond acceptors (Lipinski definition) is 5. The summed E-state index contributed by atoms with van der Waals surface area (Å²) in [6, 6.07) is 1.97. The lowest BCUT2D eigenvalue weighted by Gasteiger charge is -2.22. The van der Waals surface area contributed by atoms with Crippen LogP contribution < -0.4 is 5.32 Å². The van der Waals surface area contributed by atoms with Gasteiger partial charge in [0.1, 0.15) is 6.07 Å². The fraction of sp³-hybridized carbons (Fsp3) is 0.583. The Bertz CT molecular complexity index is 415. The Hall–Kier alpha value is -1.67. The molecular formula is C12H16N4O. The lowest BCUT2D eigenvalue weighted by atomic mass is 10.1. The van der Waals surface area contributed by atoms with Crippen molar-refractivity contribution in [2.24, 2.45) is 0 Å². The van der Waals surface area contributed by atoms with E-state index in [1.54, 1.807) is 6.20 Å². The molecule has 1 heterocycles. The first-order valence-corrected chi connectivity index (χ1v) is 5.97. The molecule has 17 heavy (non-hydrogen) atoms. The number of aliphatic hydroxyl groups excluding tert-OH is 1. The molecule has 2 atom stereocenters. The summed E-state index contributed by atoms with van der Waals surface area (Å²) in [6.07, 6.45) is 7.69. The van der Waals surface area contributed by atoms with Crippen LogP contribution in [0.5, 0.6) is 0 Å². The van der Waals surface area contributed by atoms with Gasteiger partial charge in [-0.1, -0.05) is 19.3 Å². The fourth-order valence-electron chi connectivity index (χ4n) is 2.16. The number of nitrogens with one attached hydrogen (secondary N) is 1. The summed E-state index contributed by atoms with van der Waals surface area (Å²) in [5, 5.41) is 22.0. The number of rotatable bonds is 2. The Balaban J connectivity index is 2.11. The number of nitrogens with zero attached hydrogens (tertiary/aromatic N) is 3. The predicted octanol–water partition coefficient (Wildman–Crippen LogP) is 1.45. The summed E-state index contributed by atoms with van der Waals surface area (Å²) in [4.78, 5) is 8.04. The van der Waals surface area contributed by atoms with E-state index in [9.17, 15) is 5.11 Å². The zero-order valence-corrected chi connectivity index (χ0v) is 9.63. The summed E-state index contributed by atoms with van der Waals surface area (Å²) in [5.41, 5.74) is 0.281. The molecule has 1 saturated carbocycles. The highest BCUT2D eigenvalue weighted by atomic mass is 16.3. The third-order valence-electron chi connectivity index (χ3n) is 3.11. The maximum Gasteiger partial charge on any atom is 0.182 e. The number of hydrogen-bond donors (Lipinski definition) is 2. The second kappa shape index (κ2) is 5.60. The van der Waals surface area contributed by atoms with E-state index in [0.717, 1.165) is 32.1 Å². The van der Waals surface area contributed by atoms with Gasteiger partial charge in [-0.15, -0.1) is 0 Å². The Labute approximate surface area is 101 Å². The maximum absolute atomic E-state index is 9.98. The molecule has 2 N–H and O–H groups in total. The third kappa shape index (κ3) is 2.92. The first kappa shape index (κ1) is 11.8. The average Bonchev–Trinajstić information content (AvgIpc) is 2.56. The van der Waals surface area contributed by atoms with Gasteiger partial charge in [0.2, 0.25) is 0 Å². The van der Waals surface area contributed by atoms with Crippen molar-refractivity contribution in [1.82, 2.24) is 9.97 Å². The van der Waals surface area contributed by atoms with Gasteiger partial charge in [0.05, 0.1) is 12.1 Å². The van der Waals surface area contributed by atoms with Crippen LogP contribution in [-0.2, 0) is 0 Å². The minimum Gasteiger partial charge on any atom is -0.391 e. The smallest absolute Gasteiger partial charge is 0.182 e. The lowest BCUT2D eigenvalue weighted by molar-refractivity contribution is 0.144. The Morgan fingerprint density at radius 3 is 2.82 bits per heavy atom. The molecule has 0 aromatic carbocycles. The number of aliphatic hydroxyl groups is 1. The van der Waals surface area contributed by atoms with Crippen LogP contribution in [0.2, 0.25) is 0 Å². The molecule has 5 nitrogen and oxygen atoms in total. The van der Waals surface area contributed by atoms with E-state index in [2.05, 4.69) is 15.3 Å². The van der Waals surface area contributed by atoms with Crippen molar-refractivity contribution in [3.05, 3.63) is 18.1 Å². The third-order valence-corrected chi connectivity index (χ3v) is 3.11. The molecule has 0 aliphatic heterocycles. The second-order valence-electron chi connectivity index (χ2n) is 4.32. The van der Waals surface area contributed by atoms with E-state index in [1.807, 2.05) is 6.07 Å². The SMILES string of the molecule is N#Cc1nccnc1NC1CCCCCC1O. The monoisotopic (exact) mass is 232 g/mol. The molecule has 5 heteroatoms. The largest absolute Gasteiger partial charge is 0.391 e. The Morgan fingerprint density at radius 2 is 2.00 bits per heavy atom. The normalized spacial score (nSPS) is 24.7. The van der Waals surface area contributed by atoms with Crippen molar-refractivity contribution >= 4 is 5.82 Å². The quantitative estimate of drug-likeness (QED) is 0.754. The molecular weight excluding hydrogens is 216 g/mol. The van der Waals surface area contributed by atoms with Crippen molar-refractivity contribution in [3.8, 4) is 6.07 Å². The highest BCUT2D eigenvalue weighted by Crippen LogP contribution is 2.21. The number of nitriles is 1. The molecule has 2 rings (SSSR count). The molecule has 0 amide bonds. The summed E-state index contributed by atoms with van der Waals surface area (Å²) in [5.74, 6) is 0.473. The average molecular weight is 232 g/mol. The minimum absolute atomic E-state index is 0.0266. The van der Waals surface area contributed by atoms with E-state index < -0.39 is 0 Å². The molecule has 0 radical (unpaired) electrons. The highest BCUT2D eigenvalue weighted by molar-refractivity contribution is 5.47. The van der Waals surface area contributed by atoms with Crippen LogP contribution in [0.15, 0.2) is 12.4 Å². The molecule has 1 aromatic heterocycles. The molecule has 0 spiro atoms. The summed E-state index contributed by atoms with van der Waals surface area (Å²) in [7, 11) is 0. The topological polar surface area (TPSA) is 81.8 Å². The van der Waals surface area contributed by atoms with Crippen LogP contribution >= 0.6 is 0 Å². The molecule has 1 fully saturated rings. The summed E-state index contributed by atoms with van der Waals surface area (Å²) >= 11 is 0. The van der Waals surface area contributed by atoms with Gasteiger partial charge in [0, 0.05) is 12.4 Å². The van der Waals surface area contributed by atoms with Crippen LogP contribution in [0, 0.1) is 11.3 Å². The second-order valence-corrected chi connectivity index (χ2v) is 4.32. The number of aromatic nitrogens is 2. The fourth-order valence-corrected chi connectivity index (χ4v) is 2.16. The van der Waals surface area contributed by atoms with E-state index in [-0.39, 0.29) is 17.8 Å². The molecule has 90 valence electrons. The minimum atomic E-state index is -0.369. The van der Waals surface area contributed by atoms with Gasteiger partial charge in [-0.2, -0.15) is 5.26 Å². The van der Waals surface area contributed by atoms with Crippen LogP contribution in [-0.4, -0.2) is 27.2 Å². The van der Waals surface area contributed by atoms with Gasteiger partial charge in [0.25, 0.3) is 0 Å². The van der Waals surface area contributed by atoms with E-state index in [4.69, 9.17) is 5.26 Å². The molecule has 2 unspecified atom stereocenters.